The fourth-order valence-electron chi connectivity index (χ4n) is 3.58. The SMILES string of the molecule is CCCCN(Cc1ccccc1)c1ccc(NS(=O)(=O)c2ccc(C)c(C)c2)cc1C(=O)O.O=C(O)C(F)(F)F. The summed E-state index contributed by atoms with van der Waals surface area (Å²) in [4.78, 5) is 23.2. The van der Waals surface area contributed by atoms with E-state index in [1.807, 2.05) is 49.1 Å². The molecule has 0 saturated carbocycles. The van der Waals surface area contributed by atoms with E-state index >= 15 is 0 Å². The van der Waals surface area contributed by atoms with Gasteiger partial charge in [0, 0.05) is 18.8 Å². The molecule has 0 aliphatic heterocycles. The summed E-state index contributed by atoms with van der Waals surface area (Å²) in [6, 6.07) is 19.5. The summed E-state index contributed by atoms with van der Waals surface area (Å²) in [5.41, 5.74) is 3.77. The number of unbranched alkanes of at least 4 members (excludes halogenated alkanes) is 1. The fourth-order valence-corrected chi connectivity index (χ4v) is 4.71. The largest absolute Gasteiger partial charge is 0.490 e. The Bertz CT molecular complexity index is 1430. The van der Waals surface area contributed by atoms with Crippen molar-refractivity contribution in [3.8, 4) is 0 Å². The Morgan fingerprint density at radius 1 is 0.925 bits per heavy atom. The van der Waals surface area contributed by atoms with Crippen molar-refractivity contribution in [1.29, 1.82) is 0 Å². The Morgan fingerprint density at radius 2 is 1.55 bits per heavy atom. The van der Waals surface area contributed by atoms with E-state index in [1.165, 1.54) is 6.07 Å². The quantitative estimate of drug-likeness (QED) is 0.259. The molecule has 0 bridgehead atoms. The van der Waals surface area contributed by atoms with Crippen LogP contribution in [0.1, 0.15) is 46.8 Å². The summed E-state index contributed by atoms with van der Waals surface area (Å²) in [6.07, 6.45) is -3.20. The average Bonchev–Trinajstić information content (AvgIpc) is 2.88. The summed E-state index contributed by atoms with van der Waals surface area (Å²) in [6.45, 7) is 7.11. The molecule has 8 nitrogen and oxygen atoms in total. The van der Waals surface area contributed by atoms with Crippen molar-refractivity contribution < 1.29 is 41.4 Å². The standard InChI is InChI=1S/C26H30N2O4S.C2HF3O2/c1-4-5-15-28(18-21-9-7-6-8-10-21)25-14-12-22(17-24(25)26(29)30)27-33(31,32)23-13-11-19(2)20(3)16-23;3-2(4,5)1(6)7/h6-14,16-17,27H,4-5,15,18H2,1-3H3,(H,29,30);(H,6,7). The number of aliphatic carboxylic acids is 1. The molecule has 0 fully saturated rings. The number of sulfonamides is 1. The highest BCUT2D eigenvalue weighted by Gasteiger charge is 2.38. The molecule has 3 aromatic carbocycles. The van der Waals surface area contributed by atoms with E-state index < -0.39 is 28.1 Å². The maximum Gasteiger partial charge on any atom is 0.490 e. The highest BCUT2D eigenvalue weighted by Crippen LogP contribution is 2.28. The van der Waals surface area contributed by atoms with Crippen LogP contribution in [0.3, 0.4) is 0 Å². The van der Waals surface area contributed by atoms with Gasteiger partial charge >= 0.3 is 18.1 Å². The summed E-state index contributed by atoms with van der Waals surface area (Å²) in [7, 11) is -3.85. The molecule has 3 aromatic rings. The number of rotatable bonds is 10. The second kappa shape index (κ2) is 13.8. The molecule has 216 valence electrons. The average molecular weight is 581 g/mol. The Morgan fingerprint density at radius 3 is 2.08 bits per heavy atom. The molecule has 0 aliphatic rings. The third-order valence-electron chi connectivity index (χ3n) is 5.85. The molecule has 0 spiro atoms. The molecule has 0 aliphatic carbocycles. The van der Waals surface area contributed by atoms with Gasteiger partial charge < -0.3 is 15.1 Å². The lowest BCUT2D eigenvalue weighted by atomic mass is 10.1. The number of carbonyl (C=O) groups is 2. The fraction of sp³-hybridized carbons (Fsp3) is 0.286. The number of alkyl halides is 3. The van der Waals surface area contributed by atoms with Crippen molar-refractivity contribution in [2.45, 2.75) is 51.2 Å². The van der Waals surface area contributed by atoms with E-state index in [0.717, 1.165) is 29.5 Å². The van der Waals surface area contributed by atoms with E-state index in [0.29, 0.717) is 18.8 Å². The number of nitrogens with one attached hydrogen (secondary N) is 1. The summed E-state index contributed by atoms with van der Waals surface area (Å²) in [5, 5.41) is 17.0. The number of hydrogen-bond donors (Lipinski definition) is 3. The Hall–Kier alpha value is -4.06. The minimum absolute atomic E-state index is 0.0577. The lowest BCUT2D eigenvalue weighted by Gasteiger charge is -2.27. The van der Waals surface area contributed by atoms with Crippen molar-refractivity contribution in [2.75, 3.05) is 16.2 Å². The van der Waals surface area contributed by atoms with Gasteiger partial charge in [0.05, 0.1) is 16.1 Å². The smallest absolute Gasteiger partial charge is 0.478 e. The number of hydrogen-bond acceptors (Lipinski definition) is 5. The first-order chi connectivity index (χ1) is 18.7. The van der Waals surface area contributed by atoms with E-state index in [-0.39, 0.29) is 16.1 Å². The maximum atomic E-state index is 12.9. The lowest BCUT2D eigenvalue weighted by Crippen LogP contribution is -2.26. The van der Waals surface area contributed by atoms with E-state index in [2.05, 4.69) is 11.6 Å². The molecule has 12 heteroatoms. The number of benzene rings is 3. The van der Waals surface area contributed by atoms with Crippen LogP contribution in [0, 0.1) is 13.8 Å². The number of nitrogens with zero attached hydrogens (tertiary/aromatic N) is 1. The zero-order valence-electron chi connectivity index (χ0n) is 22.2. The molecule has 40 heavy (non-hydrogen) atoms. The zero-order valence-corrected chi connectivity index (χ0v) is 23.0. The van der Waals surface area contributed by atoms with Crippen molar-refractivity contribution >= 4 is 33.3 Å². The van der Waals surface area contributed by atoms with Gasteiger partial charge in [-0.3, -0.25) is 4.72 Å². The Labute approximate surface area is 231 Å². The highest BCUT2D eigenvalue weighted by molar-refractivity contribution is 7.92. The third kappa shape index (κ3) is 9.30. The van der Waals surface area contributed by atoms with Gasteiger partial charge in [-0.15, -0.1) is 0 Å². The highest BCUT2D eigenvalue weighted by atomic mass is 32.2. The van der Waals surface area contributed by atoms with Gasteiger partial charge in [-0.05, 0) is 67.3 Å². The molecule has 0 saturated heterocycles. The lowest BCUT2D eigenvalue weighted by molar-refractivity contribution is -0.192. The molecule has 3 N–H and O–H groups in total. The van der Waals surface area contributed by atoms with Crippen LogP contribution in [-0.2, 0) is 21.4 Å². The third-order valence-corrected chi connectivity index (χ3v) is 7.23. The number of halogens is 3. The molecule has 0 atom stereocenters. The van der Waals surface area contributed by atoms with Crippen LogP contribution >= 0.6 is 0 Å². The first-order valence-corrected chi connectivity index (χ1v) is 13.7. The van der Waals surface area contributed by atoms with Gasteiger partial charge in [0.25, 0.3) is 10.0 Å². The predicted octanol–water partition coefficient (Wildman–Crippen LogP) is 6.24. The molecular formula is C28H31F3N2O6S. The van der Waals surface area contributed by atoms with Crippen molar-refractivity contribution in [1.82, 2.24) is 0 Å². The molecular weight excluding hydrogens is 549 g/mol. The van der Waals surface area contributed by atoms with Crippen LogP contribution < -0.4 is 9.62 Å². The van der Waals surface area contributed by atoms with Gasteiger partial charge in [-0.1, -0.05) is 49.7 Å². The molecule has 3 rings (SSSR count). The second-order valence-corrected chi connectivity index (χ2v) is 10.6. The number of anilines is 2. The van der Waals surface area contributed by atoms with Crippen LogP contribution in [0.15, 0.2) is 71.6 Å². The second-order valence-electron chi connectivity index (χ2n) is 8.95. The number of carboxylic acids is 2. The Kier molecular flexibility index (Phi) is 11.1. The first kappa shape index (κ1) is 32.2. The number of aryl methyl sites for hydroxylation is 2. The minimum Gasteiger partial charge on any atom is -0.478 e. The van der Waals surface area contributed by atoms with E-state index in [9.17, 15) is 31.5 Å². The van der Waals surface area contributed by atoms with Gasteiger partial charge in [0.2, 0.25) is 0 Å². The van der Waals surface area contributed by atoms with Gasteiger partial charge in [-0.25, -0.2) is 18.0 Å². The molecule has 0 radical (unpaired) electrons. The van der Waals surface area contributed by atoms with Gasteiger partial charge in [0.1, 0.15) is 0 Å². The minimum atomic E-state index is -5.08. The molecule has 0 aromatic heterocycles. The zero-order chi connectivity index (χ0) is 30.1. The van der Waals surface area contributed by atoms with E-state index in [4.69, 9.17) is 9.90 Å². The Balaban J connectivity index is 0.000000708. The number of carboxylic acid groups (broad SMARTS) is 2. The molecule has 0 heterocycles. The van der Waals surface area contributed by atoms with Gasteiger partial charge in [0.15, 0.2) is 0 Å². The topological polar surface area (TPSA) is 124 Å². The summed E-state index contributed by atoms with van der Waals surface area (Å²) < 4.78 is 60.0. The maximum absolute atomic E-state index is 12.9. The molecule has 0 unspecified atom stereocenters. The van der Waals surface area contributed by atoms with Gasteiger partial charge in [-0.2, -0.15) is 13.2 Å². The monoisotopic (exact) mass is 580 g/mol. The van der Waals surface area contributed by atoms with Crippen molar-refractivity contribution in [2.24, 2.45) is 0 Å². The van der Waals surface area contributed by atoms with Crippen molar-refractivity contribution in [3.63, 3.8) is 0 Å². The van der Waals surface area contributed by atoms with Crippen LogP contribution in [-0.4, -0.2) is 43.3 Å². The van der Waals surface area contributed by atoms with Crippen LogP contribution in [0.5, 0.6) is 0 Å². The predicted molar refractivity (Wildman–Crippen MR) is 146 cm³/mol. The number of aromatic carboxylic acids is 1. The van der Waals surface area contributed by atoms with Crippen LogP contribution in [0.25, 0.3) is 0 Å². The molecule has 0 amide bonds. The normalized spacial score (nSPS) is 11.2. The van der Waals surface area contributed by atoms with Crippen molar-refractivity contribution in [3.05, 3.63) is 89.0 Å². The van der Waals surface area contributed by atoms with Crippen LogP contribution in [0.4, 0.5) is 24.5 Å². The first-order valence-electron chi connectivity index (χ1n) is 12.2. The van der Waals surface area contributed by atoms with Crippen LogP contribution in [0.2, 0.25) is 0 Å². The summed E-state index contributed by atoms with van der Waals surface area (Å²) in [5.74, 6) is -3.86. The van der Waals surface area contributed by atoms with E-state index in [1.54, 1.807) is 30.3 Å². The summed E-state index contributed by atoms with van der Waals surface area (Å²) >= 11 is 0.